The highest BCUT2D eigenvalue weighted by Gasteiger charge is 2.10. The van der Waals surface area contributed by atoms with Crippen molar-refractivity contribution in [2.24, 2.45) is 0 Å². The zero-order valence-electron chi connectivity index (χ0n) is 13.5. The number of ketones is 1. The number of nitrogens with zero attached hydrogens (tertiary/aromatic N) is 1. The topological polar surface area (TPSA) is 68.5 Å². The molecule has 0 saturated carbocycles. The van der Waals surface area contributed by atoms with E-state index in [0.29, 0.717) is 22.8 Å². The third-order valence-corrected chi connectivity index (χ3v) is 3.28. The van der Waals surface area contributed by atoms with Crippen LogP contribution in [0.25, 0.3) is 6.08 Å². The Balaban J connectivity index is 2.11. The normalized spacial score (nSPS) is 10.2. The molecule has 0 radical (unpaired) electrons. The molecule has 0 aliphatic heterocycles. The van der Waals surface area contributed by atoms with E-state index in [1.54, 1.807) is 43.5 Å². The summed E-state index contributed by atoms with van der Waals surface area (Å²) in [6.07, 6.45) is 3.19. The maximum atomic E-state index is 12.3. The molecule has 0 N–H and O–H groups in total. The number of methoxy groups -OCH3 is 2. The SMILES string of the molecule is COc1ccc(C(=O)/C=C/c2ccc(OCC#N)cc2)c(OC)c1. The van der Waals surface area contributed by atoms with Crippen LogP contribution in [0.3, 0.4) is 0 Å². The van der Waals surface area contributed by atoms with E-state index in [1.807, 2.05) is 18.2 Å². The van der Waals surface area contributed by atoms with Crippen molar-refractivity contribution in [3.63, 3.8) is 0 Å². The number of carbonyl (C=O) groups is 1. The highest BCUT2D eigenvalue weighted by atomic mass is 16.5. The van der Waals surface area contributed by atoms with Gasteiger partial charge in [0.05, 0.1) is 19.8 Å². The molecule has 0 aromatic heterocycles. The van der Waals surface area contributed by atoms with E-state index in [1.165, 1.54) is 13.2 Å². The number of ether oxygens (including phenoxy) is 3. The lowest BCUT2D eigenvalue weighted by atomic mass is 10.1. The minimum atomic E-state index is -0.167. The Kier molecular flexibility index (Phi) is 5.98. The van der Waals surface area contributed by atoms with Crippen molar-refractivity contribution in [1.29, 1.82) is 5.26 Å². The Hall–Kier alpha value is -3.26. The van der Waals surface area contributed by atoms with Crippen LogP contribution in [-0.4, -0.2) is 26.6 Å². The number of nitriles is 1. The Morgan fingerprint density at radius 2 is 1.79 bits per heavy atom. The smallest absolute Gasteiger partial charge is 0.189 e. The van der Waals surface area contributed by atoms with Crippen LogP contribution in [0.1, 0.15) is 15.9 Å². The standard InChI is InChI=1S/C19H17NO4/c1-22-16-8-9-17(19(13-16)23-2)18(21)10-5-14-3-6-15(7-4-14)24-12-11-20/h3-10,13H,12H2,1-2H3/b10-5+. The third kappa shape index (κ3) is 4.37. The van der Waals surface area contributed by atoms with Crippen LogP contribution in [0.5, 0.6) is 17.2 Å². The minimum absolute atomic E-state index is 0.00490. The summed E-state index contributed by atoms with van der Waals surface area (Å²) in [5.74, 6) is 1.53. The van der Waals surface area contributed by atoms with Gasteiger partial charge in [-0.3, -0.25) is 4.79 Å². The Labute approximate surface area is 140 Å². The van der Waals surface area contributed by atoms with E-state index in [2.05, 4.69) is 0 Å². The zero-order chi connectivity index (χ0) is 17.4. The summed E-state index contributed by atoms with van der Waals surface area (Å²) in [5, 5.41) is 8.47. The van der Waals surface area contributed by atoms with E-state index < -0.39 is 0 Å². The lowest BCUT2D eigenvalue weighted by Gasteiger charge is -2.08. The van der Waals surface area contributed by atoms with E-state index in [9.17, 15) is 4.79 Å². The fourth-order valence-corrected chi connectivity index (χ4v) is 2.05. The van der Waals surface area contributed by atoms with Gasteiger partial charge in [-0.2, -0.15) is 5.26 Å². The fraction of sp³-hybridized carbons (Fsp3) is 0.158. The second-order valence-electron chi connectivity index (χ2n) is 4.78. The molecule has 0 saturated heterocycles. The quantitative estimate of drug-likeness (QED) is 0.576. The van der Waals surface area contributed by atoms with Gasteiger partial charge in [0, 0.05) is 6.07 Å². The summed E-state index contributed by atoms with van der Waals surface area (Å²) in [7, 11) is 3.06. The van der Waals surface area contributed by atoms with E-state index in [-0.39, 0.29) is 12.4 Å². The van der Waals surface area contributed by atoms with E-state index in [0.717, 1.165) is 5.56 Å². The third-order valence-electron chi connectivity index (χ3n) is 3.28. The second kappa shape index (κ2) is 8.39. The van der Waals surface area contributed by atoms with Crippen LogP contribution in [0.2, 0.25) is 0 Å². The van der Waals surface area contributed by atoms with Crippen molar-refractivity contribution in [2.45, 2.75) is 0 Å². The molecule has 122 valence electrons. The van der Waals surface area contributed by atoms with Gasteiger partial charge < -0.3 is 14.2 Å². The van der Waals surface area contributed by atoms with Gasteiger partial charge in [-0.05, 0) is 35.9 Å². The highest BCUT2D eigenvalue weighted by Crippen LogP contribution is 2.25. The highest BCUT2D eigenvalue weighted by molar-refractivity contribution is 6.08. The molecule has 0 atom stereocenters. The first-order valence-electron chi connectivity index (χ1n) is 7.22. The second-order valence-corrected chi connectivity index (χ2v) is 4.78. The summed E-state index contributed by atoms with van der Waals surface area (Å²) in [5.41, 5.74) is 1.31. The molecule has 2 aromatic rings. The number of hydrogen-bond donors (Lipinski definition) is 0. The van der Waals surface area contributed by atoms with Crippen molar-refractivity contribution >= 4 is 11.9 Å². The molecule has 0 bridgehead atoms. The maximum Gasteiger partial charge on any atom is 0.189 e. The predicted octanol–water partition coefficient (Wildman–Crippen LogP) is 3.50. The molecule has 0 unspecified atom stereocenters. The summed E-state index contributed by atoms with van der Waals surface area (Å²) in [4.78, 5) is 12.3. The lowest BCUT2D eigenvalue weighted by Crippen LogP contribution is -1.99. The van der Waals surface area contributed by atoms with Gasteiger partial charge in [-0.15, -0.1) is 0 Å². The monoisotopic (exact) mass is 323 g/mol. The summed E-state index contributed by atoms with van der Waals surface area (Å²) in [6.45, 7) is 0.00490. The van der Waals surface area contributed by atoms with Crippen molar-refractivity contribution in [2.75, 3.05) is 20.8 Å². The largest absolute Gasteiger partial charge is 0.497 e. The van der Waals surface area contributed by atoms with Crippen molar-refractivity contribution in [1.82, 2.24) is 0 Å². The molecule has 0 aliphatic rings. The first-order valence-corrected chi connectivity index (χ1v) is 7.22. The molecule has 0 amide bonds. The van der Waals surface area contributed by atoms with Crippen molar-refractivity contribution < 1.29 is 19.0 Å². The summed E-state index contributed by atoms with van der Waals surface area (Å²) >= 11 is 0. The van der Waals surface area contributed by atoms with Gasteiger partial charge >= 0.3 is 0 Å². The molecular formula is C19H17NO4. The zero-order valence-corrected chi connectivity index (χ0v) is 13.5. The maximum absolute atomic E-state index is 12.3. The molecule has 0 spiro atoms. The molecule has 2 rings (SSSR count). The van der Waals surface area contributed by atoms with Crippen LogP contribution >= 0.6 is 0 Å². The average Bonchev–Trinajstić information content (AvgIpc) is 2.64. The average molecular weight is 323 g/mol. The van der Waals surface area contributed by atoms with Gasteiger partial charge in [-0.1, -0.05) is 18.2 Å². The Morgan fingerprint density at radius 1 is 1.08 bits per heavy atom. The molecule has 0 heterocycles. The van der Waals surface area contributed by atoms with E-state index in [4.69, 9.17) is 19.5 Å². The van der Waals surface area contributed by atoms with Crippen LogP contribution in [-0.2, 0) is 0 Å². The van der Waals surface area contributed by atoms with Crippen molar-refractivity contribution in [3.05, 3.63) is 59.7 Å². The number of benzene rings is 2. The van der Waals surface area contributed by atoms with Gasteiger partial charge in [0.25, 0.3) is 0 Å². The molecule has 24 heavy (non-hydrogen) atoms. The minimum Gasteiger partial charge on any atom is -0.497 e. The number of hydrogen-bond acceptors (Lipinski definition) is 5. The predicted molar refractivity (Wildman–Crippen MR) is 90.5 cm³/mol. The Morgan fingerprint density at radius 3 is 2.42 bits per heavy atom. The molecular weight excluding hydrogens is 306 g/mol. The van der Waals surface area contributed by atoms with Crippen LogP contribution in [0.15, 0.2) is 48.5 Å². The first kappa shape index (κ1) is 17.1. The van der Waals surface area contributed by atoms with Crippen LogP contribution in [0.4, 0.5) is 0 Å². The number of rotatable bonds is 7. The number of carbonyl (C=O) groups excluding carboxylic acids is 1. The van der Waals surface area contributed by atoms with Gasteiger partial charge in [0.2, 0.25) is 0 Å². The Bertz CT molecular complexity index is 773. The van der Waals surface area contributed by atoms with Crippen LogP contribution < -0.4 is 14.2 Å². The van der Waals surface area contributed by atoms with Gasteiger partial charge in [-0.25, -0.2) is 0 Å². The molecule has 0 aliphatic carbocycles. The molecule has 5 heteroatoms. The molecule has 5 nitrogen and oxygen atoms in total. The first-order chi connectivity index (χ1) is 11.7. The lowest BCUT2D eigenvalue weighted by molar-refractivity contribution is 0.104. The molecule has 2 aromatic carbocycles. The molecule has 0 fully saturated rings. The van der Waals surface area contributed by atoms with E-state index >= 15 is 0 Å². The van der Waals surface area contributed by atoms with Gasteiger partial charge in [0.1, 0.15) is 23.3 Å². The summed E-state index contributed by atoms with van der Waals surface area (Å²) < 4.78 is 15.5. The number of allylic oxidation sites excluding steroid dienone is 1. The van der Waals surface area contributed by atoms with Crippen LogP contribution in [0, 0.1) is 11.3 Å². The summed E-state index contributed by atoms with van der Waals surface area (Å²) in [6, 6.07) is 14.1. The van der Waals surface area contributed by atoms with Crippen molar-refractivity contribution in [3.8, 4) is 23.3 Å². The fourth-order valence-electron chi connectivity index (χ4n) is 2.05. The van der Waals surface area contributed by atoms with Gasteiger partial charge in [0.15, 0.2) is 12.4 Å².